The minimum atomic E-state index is -1.19. The molecule has 2 rings (SSSR count). The summed E-state index contributed by atoms with van der Waals surface area (Å²) in [6.45, 7) is 3.77. The van der Waals surface area contributed by atoms with Crippen LogP contribution in [-0.4, -0.2) is 65.1 Å². The van der Waals surface area contributed by atoms with Crippen LogP contribution in [0, 0.1) is 27.3 Å². The Morgan fingerprint density at radius 1 is 0.886 bits per heavy atom. The monoisotopic (exact) mass is 1280 g/mol. The first-order valence-corrected chi connectivity index (χ1v) is 19.3. The number of aliphatic hydroxyl groups is 1. The number of aromatic carboxylic acids is 1. The second-order valence-electron chi connectivity index (χ2n) is 8.92. The topological polar surface area (TPSA) is 182 Å². The zero-order valence-electron chi connectivity index (χ0n) is 23.3. The van der Waals surface area contributed by atoms with Gasteiger partial charge in [-0.15, -0.1) is 0 Å². The number of carbonyl (C=O) groups is 5. The van der Waals surface area contributed by atoms with E-state index < -0.39 is 17.8 Å². The van der Waals surface area contributed by atoms with Crippen LogP contribution in [0.1, 0.15) is 59.4 Å². The van der Waals surface area contributed by atoms with Crippen LogP contribution in [0.3, 0.4) is 0 Å². The molecule has 0 saturated carbocycles. The molecule has 0 heterocycles. The van der Waals surface area contributed by atoms with E-state index in [9.17, 15) is 34.2 Å². The first-order valence-electron chi connectivity index (χ1n) is 12.8. The summed E-state index contributed by atoms with van der Waals surface area (Å²) in [7, 11) is 0. The summed E-state index contributed by atoms with van der Waals surface area (Å²) in [5, 5.41) is 35.9. The Hall–Kier alpha value is 0.130. The zero-order valence-corrected chi connectivity index (χ0v) is 36.3. The molecule has 0 aromatic heterocycles. The van der Waals surface area contributed by atoms with Gasteiger partial charge in [-0.2, -0.15) is 0 Å². The minimum absolute atomic E-state index is 0.0421. The fraction of sp³-hybridized carbons (Fsp3) is 0.370. The van der Waals surface area contributed by atoms with E-state index in [1.54, 1.807) is 22.6 Å². The number of unbranched alkanes of at least 4 members (excludes halogenated alkanes) is 1. The predicted molar refractivity (Wildman–Crippen MR) is 219 cm³/mol. The number of aliphatic carboxylic acids is 1. The summed E-state index contributed by atoms with van der Waals surface area (Å²) in [5.41, 5.74) is 2.55. The number of hydrogen-bond acceptors (Lipinski definition) is 7. The number of carboxylic acids is 2. The van der Waals surface area contributed by atoms with Crippen molar-refractivity contribution >= 4 is 177 Å². The van der Waals surface area contributed by atoms with Gasteiger partial charge in [-0.25, -0.2) is 4.79 Å². The molecule has 44 heavy (non-hydrogen) atoms. The average Bonchev–Trinajstić information content (AvgIpc) is 2.93. The van der Waals surface area contributed by atoms with E-state index in [-0.39, 0.29) is 39.7 Å². The highest BCUT2D eigenvalue weighted by Gasteiger charge is 2.28. The molecule has 1 unspecified atom stereocenters. The molecule has 11 nitrogen and oxygen atoms in total. The number of aldehydes is 1. The molecule has 0 saturated heterocycles. The lowest BCUT2D eigenvalue weighted by atomic mass is 9.97. The van der Waals surface area contributed by atoms with Gasteiger partial charge in [-0.05, 0) is 166 Å². The normalized spacial score (nSPS) is 11.1. The second kappa shape index (κ2) is 21.2. The smallest absolute Gasteiger partial charge is 0.337 e. The Morgan fingerprint density at radius 3 is 2.00 bits per heavy atom. The van der Waals surface area contributed by atoms with Crippen molar-refractivity contribution in [2.24, 2.45) is 5.92 Å². The fourth-order valence-electron chi connectivity index (χ4n) is 3.63. The molecule has 0 radical (unpaired) electrons. The van der Waals surface area contributed by atoms with Gasteiger partial charge in [0.15, 0.2) is 0 Å². The largest absolute Gasteiger partial charge is 0.481 e. The molecule has 17 heteroatoms. The SMILES string of the molecule is CC(=O)Nc1c(I)c(C(=O)O)c(I)c(C(=O)NCCO)c1I.CCC(Cc1c(I)cc(I)c(NCCCC=O)c1I)C(=O)O. The second-order valence-corrected chi connectivity index (χ2v) is 15.6. The fourth-order valence-corrected chi connectivity index (χ4v) is 12.2. The number of carboxylic acid groups (broad SMARTS) is 2. The summed E-state index contributed by atoms with van der Waals surface area (Å²) in [6, 6.07) is 2.08. The molecule has 0 aliphatic carbocycles. The molecule has 0 aliphatic heterocycles. The Kier molecular flexibility index (Phi) is 20.3. The number of hydrogen-bond donors (Lipinski definition) is 6. The lowest BCUT2D eigenvalue weighted by molar-refractivity contribution is -0.141. The van der Waals surface area contributed by atoms with Crippen LogP contribution in [-0.2, 0) is 20.8 Å². The van der Waals surface area contributed by atoms with Gasteiger partial charge >= 0.3 is 11.9 Å². The molecular weight excluding hydrogens is 1260 g/mol. The number of amides is 2. The number of anilines is 2. The van der Waals surface area contributed by atoms with Gasteiger partial charge in [0, 0.05) is 40.7 Å². The van der Waals surface area contributed by atoms with E-state index in [0.29, 0.717) is 32.1 Å². The maximum atomic E-state index is 12.2. The van der Waals surface area contributed by atoms with E-state index in [2.05, 4.69) is 89.8 Å². The molecule has 2 aromatic carbocycles. The van der Waals surface area contributed by atoms with Crippen molar-refractivity contribution in [1.29, 1.82) is 0 Å². The minimum Gasteiger partial charge on any atom is -0.481 e. The Labute approximate surface area is 336 Å². The number of benzene rings is 2. The lowest BCUT2D eigenvalue weighted by Gasteiger charge is -2.18. The highest BCUT2D eigenvalue weighted by Crippen LogP contribution is 2.36. The first-order chi connectivity index (χ1) is 20.6. The van der Waals surface area contributed by atoms with Crippen LogP contribution in [0.2, 0.25) is 0 Å². The summed E-state index contributed by atoms with van der Waals surface area (Å²) < 4.78 is 4.38. The van der Waals surface area contributed by atoms with Crippen LogP contribution < -0.4 is 16.0 Å². The van der Waals surface area contributed by atoms with Crippen LogP contribution in [0.15, 0.2) is 6.07 Å². The highest BCUT2D eigenvalue weighted by molar-refractivity contribution is 14.1. The van der Waals surface area contributed by atoms with Crippen molar-refractivity contribution in [3.05, 3.63) is 44.2 Å². The van der Waals surface area contributed by atoms with Gasteiger partial charge in [-0.3, -0.25) is 14.4 Å². The first kappa shape index (κ1) is 42.2. The molecule has 0 bridgehead atoms. The van der Waals surface area contributed by atoms with Crippen molar-refractivity contribution in [2.75, 3.05) is 30.3 Å². The van der Waals surface area contributed by atoms with Crippen molar-refractivity contribution in [2.45, 2.75) is 39.5 Å². The van der Waals surface area contributed by atoms with E-state index in [4.69, 9.17) is 5.11 Å². The molecule has 6 N–H and O–H groups in total. The molecule has 0 spiro atoms. The van der Waals surface area contributed by atoms with Crippen molar-refractivity contribution in [3.63, 3.8) is 0 Å². The van der Waals surface area contributed by atoms with Gasteiger partial charge in [0.2, 0.25) is 5.91 Å². The lowest BCUT2D eigenvalue weighted by Crippen LogP contribution is -2.29. The maximum Gasteiger partial charge on any atom is 0.337 e. The van der Waals surface area contributed by atoms with E-state index in [1.165, 1.54) is 6.92 Å². The van der Waals surface area contributed by atoms with Gasteiger partial charge in [0.25, 0.3) is 5.91 Å². The molecule has 0 fully saturated rings. The standard InChI is InChI=1S/C15H18I3NO3.C12H11I3N2O5/c1-2-9(15(21)22)7-10-11(16)8-12(17)14(13(10)18)19-5-3-4-6-20;1-4(19)17-10-8(14)5(11(20)16-2-3-18)7(13)6(9(10)15)12(21)22/h6,8-9,19H,2-5,7H2,1H3,(H,21,22);18H,2-3H2,1H3,(H,16,20)(H,17,19)(H,21,22). The highest BCUT2D eigenvalue weighted by atomic mass is 127. The molecule has 1 atom stereocenters. The number of carbonyl (C=O) groups excluding carboxylic acids is 3. The third-order valence-corrected chi connectivity index (χ3v) is 12.1. The molecule has 2 amide bonds. The van der Waals surface area contributed by atoms with Gasteiger partial charge < -0.3 is 36.1 Å². The van der Waals surface area contributed by atoms with Gasteiger partial charge in [-0.1, -0.05) is 6.92 Å². The zero-order chi connectivity index (χ0) is 33.7. The summed E-state index contributed by atoms with van der Waals surface area (Å²) in [5.74, 6) is -3.16. The van der Waals surface area contributed by atoms with E-state index in [0.717, 1.165) is 41.2 Å². The number of aliphatic hydroxyl groups excluding tert-OH is 1. The predicted octanol–water partition coefficient (Wildman–Crippen LogP) is 6.42. The molecular formula is C27H29I6N3O8. The third-order valence-electron chi connectivity index (χ3n) is 5.81. The van der Waals surface area contributed by atoms with Gasteiger partial charge in [0.1, 0.15) is 6.29 Å². The van der Waals surface area contributed by atoms with Crippen LogP contribution in [0.5, 0.6) is 0 Å². The average molecular weight is 1280 g/mol. The number of rotatable bonds is 14. The van der Waals surface area contributed by atoms with Crippen LogP contribution in [0.4, 0.5) is 11.4 Å². The van der Waals surface area contributed by atoms with Crippen LogP contribution >= 0.6 is 136 Å². The Morgan fingerprint density at radius 2 is 1.50 bits per heavy atom. The molecule has 2 aromatic rings. The van der Waals surface area contributed by atoms with Crippen molar-refractivity contribution in [3.8, 4) is 0 Å². The summed E-state index contributed by atoms with van der Waals surface area (Å²) in [6.07, 6.45) is 3.44. The third kappa shape index (κ3) is 12.3. The quantitative estimate of drug-likeness (QED) is 0.0707. The molecule has 242 valence electrons. The molecule has 0 aliphatic rings. The van der Waals surface area contributed by atoms with E-state index in [1.807, 2.05) is 52.1 Å². The van der Waals surface area contributed by atoms with Crippen molar-refractivity contribution < 1.29 is 39.3 Å². The maximum absolute atomic E-state index is 12.2. The van der Waals surface area contributed by atoms with Crippen molar-refractivity contribution in [1.82, 2.24) is 5.32 Å². The summed E-state index contributed by atoms with van der Waals surface area (Å²) >= 11 is 12.4. The summed E-state index contributed by atoms with van der Waals surface area (Å²) in [4.78, 5) is 56.7. The number of nitrogens with one attached hydrogen (secondary N) is 3. The van der Waals surface area contributed by atoms with Crippen LogP contribution in [0.25, 0.3) is 0 Å². The Bertz CT molecular complexity index is 1410. The Balaban J connectivity index is 0.000000440. The van der Waals surface area contributed by atoms with Gasteiger partial charge in [0.05, 0.1) is 42.2 Å². The van der Waals surface area contributed by atoms with E-state index >= 15 is 0 Å². The number of halogens is 6.